The topological polar surface area (TPSA) is 80.0 Å². The van der Waals surface area contributed by atoms with Gasteiger partial charge in [0, 0.05) is 10.8 Å². The lowest BCUT2D eigenvalue weighted by Crippen LogP contribution is -2.27. The number of hydrogen-bond donors (Lipinski definition) is 2. The SMILES string of the molecule is Cc1nc(NC(=O)C(C)(C)C)sc1-c1csc(NCc2ccco2)n1. The zero-order valence-corrected chi connectivity index (χ0v) is 16.2. The number of nitrogens with one attached hydrogen (secondary N) is 2. The van der Waals surface area contributed by atoms with Gasteiger partial charge in [0.25, 0.3) is 0 Å². The summed E-state index contributed by atoms with van der Waals surface area (Å²) < 4.78 is 5.30. The van der Waals surface area contributed by atoms with Gasteiger partial charge in [0.15, 0.2) is 10.3 Å². The summed E-state index contributed by atoms with van der Waals surface area (Å²) in [6.07, 6.45) is 1.65. The zero-order valence-electron chi connectivity index (χ0n) is 14.5. The van der Waals surface area contributed by atoms with Crippen LogP contribution in [-0.4, -0.2) is 15.9 Å². The Morgan fingerprint density at radius 1 is 1.28 bits per heavy atom. The Labute approximate surface area is 154 Å². The van der Waals surface area contributed by atoms with Gasteiger partial charge in [-0.2, -0.15) is 0 Å². The number of hydrogen-bond acceptors (Lipinski definition) is 7. The number of nitrogens with zero attached hydrogens (tertiary/aromatic N) is 2. The summed E-state index contributed by atoms with van der Waals surface area (Å²) in [7, 11) is 0. The van der Waals surface area contributed by atoms with Crippen molar-refractivity contribution >= 4 is 38.8 Å². The average molecular weight is 377 g/mol. The maximum atomic E-state index is 12.1. The molecular weight excluding hydrogens is 356 g/mol. The largest absolute Gasteiger partial charge is 0.467 e. The smallest absolute Gasteiger partial charge is 0.231 e. The standard InChI is InChI=1S/C17H20N4O2S2/c1-10-13(25-16(19-10)21-14(22)17(2,3)4)12-9-24-15(20-12)18-8-11-6-5-7-23-11/h5-7,9H,8H2,1-4H3,(H,18,20)(H,19,21,22). The van der Waals surface area contributed by atoms with E-state index >= 15 is 0 Å². The molecule has 0 radical (unpaired) electrons. The van der Waals surface area contributed by atoms with E-state index in [2.05, 4.69) is 20.6 Å². The van der Waals surface area contributed by atoms with Crippen molar-refractivity contribution in [3.05, 3.63) is 35.2 Å². The second kappa shape index (κ2) is 6.97. The lowest BCUT2D eigenvalue weighted by molar-refractivity contribution is -0.123. The third-order valence-electron chi connectivity index (χ3n) is 3.43. The molecule has 2 N–H and O–H groups in total. The maximum absolute atomic E-state index is 12.1. The molecule has 132 valence electrons. The molecule has 0 saturated carbocycles. The molecule has 0 aliphatic heterocycles. The number of furan rings is 1. The summed E-state index contributed by atoms with van der Waals surface area (Å²) in [5.74, 6) is 0.810. The van der Waals surface area contributed by atoms with E-state index in [4.69, 9.17) is 4.42 Å². The summed E-state index contributed by atoms with van der Waals surface area (Å²) in [6, 6.07) is 3.78. The van der Waals surface area contributed by atoms with E-state index in [1.54, 1.807) is 6.26 Å². The molecule has 0 aliphatic carbocycles. The molecule has 3 aromatic heterocycles. The molecule has 0 saturated heterocycles. The highest BCUT2D eigenvalue weighted by Crippen LogP contribution is 2.35. The number of anilines is 2. The van der Waals surface area contributed by atoms with Crippen molar-refractivity contribution in [2.75, 3.05) is 10.6 Å². The van der Waals surface area contributed by atoms with Gasteiger partial charge in [-0.05, 0) is 19.1 Å². The third kappa shape index (κ3) is 4.26. The number of aromatic nitrogens is 2. The van der Waals surface area contributed by atoms with Crippen LogP contribution in [0.2, 0.25) is 0 Å². The molecule has 0 bridgehead atoms. The first kappa shape index (κ1) is 17.6. The molecule has 25 heavy (non-hydrogen) atoms. The Bertz CT molecular complexity index is 860. The van der Waals surface area contributed by atoms with Crippen LogP contribution < -0.4 is 10.6 Å². The van der Waals surface area contributed by atoms with Crippen LogP contribution in [0, 0.1) is 12.3 Å². The summed E-state index contributed by atoms with van der Waals surface area (Å²) in [5, 5.41) is 9.53. The first-order valence-corrected chi connectivity index (χ1v) is 9.53. The fraction of sp³-hybridized carbons (Fsp3) is 0.353. The lowest BCUT2D eigenvalue weighted by atomic mass is 9.96. The molecule has 1 amide bonds. The fourth-order valence-corrected chi connectivity index (χ4v) is 3.70. The van der Waals surface area contributed by atoms with Crippen LogP contribution in [0.4, 0.5) is 10.3 Å². The quantitative estimate of drug-likeness (QED) is 0.671. The first-order valence-electron chi connectivity index (χ1n) is 7.84. The Kier molecular flexibility index (Phi) is 4.91. The molecule has 6 nitrogen and oxygen atoms in total. The van der Waals surface area contributed by atoms with E-state index in [1.165, 1.54) is 22.7 Å². The Morgan fingerprint density at radius 2 is 2.08 bits per heavy atom. The lowest BCUT2D eigenvalue weighted by Gasteiger charge is -2.15. The minimum atomic E-state index is -0.455. The van der Waals surface area contributed by atoms with Gasteiger partial charge in [0.05, 0.1) is 29.1 Å². The van der Waals surface area contributed by atoms with Gasteiger partial charge in [-0.1, -0.05) is 32.1 Å². The number of amides is 1. The van der Waals surface area contributed by atoms with Crippen molar-refractivity contribution in [3.8, 4) is 10.6 Å². The van der Waals surface area contributed by atoms with Crippen LogP contribution in [0.25, 0.3) is 10.6 Å². The fourth-order valence-electron chi connectivity index (χ4n) is 2.01. The first-order chi connectivity index (χ1) is 11.8. The van der Waals surface area contributed by atoms with Crippen LogP contribution in [-0.2, 0) is 11.3 Å². The number of rotatable bonds is 5. The number of carbonyl (C=O) groups excluding carboxylic acids is 1. The van der Waals surface area contributed by atoms with E-state index < -0.39 is 5.41 Å². The van der Waals surface area contributed by atoms with Gasteiger partial charge < -0.3 is 15.1 Å². The second-order valence-corrected chi connectivity index (χ2v) is 8.47. The Morgan fingerprint density at radius 3 is 2.76 bits per heavy atom. The highest BCUT2D eigenvalue weighted by Gasteiger charge is 2.23. The van der Waals surface area contributed by atoms with E-state index in [-0.39, 0.29) is 5.91 Å². The predicted molar refractivity (Wildman–Crippen MR) is 102 cm³/mol. The number of aryl methyl sites for hydroxylation is 1. The van der Waals surface area contributed by atoms with Gasteiger partial charge in [0.2, 0.25) is 5.91 Å². The normalized spacial score (nSPS) is 11.5. The summed E-state index contributed by atoms with van der Waals surface area (Å²) in [4.78, 5) is 22.1. The molecule has 0 fully saturated rings. The van der Waals surface area contributed by atoms with Crippen molar-refractivity contribution in [1.82, 2.24) is 9.97 Å². The number of carbonyl (C=O) groups is 1. The summed E-state index contributed by atoms with van der Waals surface area (Å²) in [5.41, 5.74) is 1.26. The van der Waals surface area contributed by atoms with E-state index in [1.807, 2.05) is 45.2 Å². The van der Waals surface area contributed by atoms with Crippen LogP contribution in [0.3, 0.4) is 0 Å². The molecule has 0 aliphatic rings. The zero-order chi connectivity index (χ0) is 18.0. The second-order valence-electron chi connectivity index (χ2n) is 6.61. The predicted octanol–water partition coefficient (Wildman–Crippen LogP) is 4.76. The average Bonchev–Trinajstić information content (AvgIpc) is 3.25. The monoisotopic (exact) mass is 376 g/mol. The van der Waals surface area contributed by atoms with E-state index in [0.717, 1.165) is 27.2 Å². The maximum Gasteiger partial charge on any atom is 0.231 e. The molecule has 0 unspecified atom stereocenters. The van der Waals surface area contributed by atoms with Gasteiger partial charge in [-0.15, -0.1) is 11.3 Å². The molecule has 3 aromatic rings. The number of thiazole rings is 2. The Hall–Kier alpha value is -2.19. The van der Waals surface area contributed by atoms with Gasteiger partial charge in [-0.3, -0.25) is 4.79 Å². The minimum Gasteiger partial charge on any atom is -0.467 e. The molecular formula is C17H20N4O2S2. The van der Waals surface area contributed by atoms with Crippen molar-refractivity contribution in [2.45, 2.75) is 34.2 Å². The molecule has 0 aromatic carbocycles. The highest BCUT2D eigenvalue weighted by molar-refractivity contribution is 7.19. The van der Waals surface area contributed by atoms with Crippen LogP contribution in [0.1, 0.15) is 32.2 Å². The van der Waals surface area contributed by atoms with Gasteiger partial charge in [-0.25, -0.2) is 9.97 Å². The van der Waals surface area contributed by atoms with E-state index in [0.29, 0.717) is 11.7 Å². The molecule has 0 spiro atoms. The van der Waals surface area contributed by atoms with Crippen LogP contribution >= 0.6 is 22.7 Å². The molecule has 0 atom stereocenters. The summed E-state index contributed by atoms with van der Waals surface area (Å²) >= 11 is 2.97. The summed E-state index contributed by atoms with van der Waals surface area (Å²) in [6.45, 7) is 8.14. The van der Waals surface area contributed by atoms with Crippen LogP contribution in [0.15, 0.2) is 28.2 Å². The van der Waals surface area contributed by atoms with Crippen molar-refractivity contribution in [2.24, 2.45) is 5.41 Å². The highest BCUT2D eigenvalue weighted by atomic mass is 32.1. The van der Waals surface area contributed by atoms with Crippen molar-refractivity contribution in [1.29, 1.82) is 0 Å². The molecule has 3 heterocycles. The van der Waals surface area contributed by atoms with E-state index in [9.17, 15) is 4.79 Å². The third-order valence-corrected chi connectivity index (χ3v) is 5.32. The van der Waals surface area contributed by atoms with Gasteiger partial charge in [0.1, 0.15) is 5.76 Å². The molecule has 8 heteroatoms. The Balaban J connectivity index is 1.71. The van der Waals surface area contributed by atoms with Crippen LogP contribution in [0.5, 0.6) is 0 Å². The van der Waals surface area contributed by atoms with Gasteiger partial charge >= 0.3 is 0 Å². The molecule has 3 rings (SSSR count). The van der Waals surface area contributed by atoms with Crippen molar-refractivity contribution < 1.29 is 9.21 Å². The minimum absolute atomic E-state index is 0.0492. The van der Waals surface area contributed by atoms with Crippen molar-refractivity contribution in [3.63, 3.8) is 0 Å².